The van der Waals surface area contributed by atoms with E-state index in [4.69, 9.17) is 5.11 Å². The van der Waals surface area contributed by atoms with Crippen LogP contribution in [-0.4, -0.2) is 31.3 Å². The highest BCUT2D eigenvalue weighted by molar-refractivity contribution is 9.10. The lowest BCUT2D eigenvalue weighted by Gasteiger charge is -2.04. The van der Waals surface area contributed by atoms with Gasteiger partial charge in [-0.25, -0.2) is 9.07 Å². The first-order valence-corrected chi connectivity index (χ1v) is 6.89. The fourth-order valence-electron chi connectivity index (χ4n) is 1.32. The predicted octanol–water partition coefficient (Wildman–Crippen LogP) is 1.95. The molecular weight excluding hydrogens is 339 g/mol. The number of thioether (sulfide) groups is 1. The lowest BCUT2D eigenvalue weighted by molar-refractivity contribution is -0.138. The van der Waals surface area contributed by atoms with Crippen LogP contribution in [0.2, 0.25) is 0 Å². The number of carboxylic acids is 1. The van der Waals surface area contributed by atoms with Crippen molar-refractivity contribution in [3.05, 3.63) is 34.1 Å². The van der Waals surface area contributed by atoms with Crippen molar-refractivity contribution in [1.29, 1.82) is 0 Å². The minimum absolute atomic E-state index is 0.311. The van der Waals surface area contributed by atoms with Crippen molar-refractivity contribution in [1.82, 2.24) is 20.2 Å². The van der Waals surface area contributed by atoms with E-state index in [2.05, 4.69) is 31.5 Å². The summed E-state index contributed by atoms with van der Waals surface area (Å²) in [5, 5.41) is 19.7. The maximum absolute atomic E-state index is 13.5. The van der Waals surface area contributed by atoms with Crippen LogP contribution in [0.4, 0.5) is 4.39 Å². The number of carboxylic acid groups (broad SMARTS) is 1. The van der Waals surface area contributed by atoms with Crippen LogP contribution in [-0.2, 0) is 17.1 Å². The molecule has 1 aromatic carbocycles. The molecule has 0 aliphatic heterocycles. The molecule has 9 heteroatoms. The summed E-state index contributed by atoms with van der Waals surface area (Å²) in [6.45, 7) is -0.323. The summed E-state index contributed by atoms with van der Waals surface area (Å²) in [4.78, 5) is 10.6. The van der Waals surface area contributed by atoms with Crippen LogP contribution in [0.25, 0.3) is 0 Å². The highest BCUT2D eigenvalue weighted by atomic mass is 79.9. The molecule has 0 bridgehead atoms. The van der Waals surface area contributed by atoms with Crippen molar-refractivity contribution in [3.63, 3.8) is 0 Å². The fourth-order valence-corrected chi connectivity index (χ4v) is 2.58. The zero-order valence-corrected chi connectivity index (χ0v) is 11.9. The molecule has 0 aliphatic rings. The van der Waals surface area contributed by atoms with Gasteiger partial charge in [0.2, 0.25) is 5.16 Å². The van der Waals surface area contributed by atoms with Crippen LogP contribution < -0.4 is 0 Å². The number of aliphatic carboxylic acids is 1. The summed E-state index contributed by atoms with van der Waals surface area (Å²) in [6.07, 6.45) is 0. The number of hydrogen-bond acceptors (Lipinski definition) is 5. The molecule has 0 fully saturated rings. The lowest BCUT2D eigenvalue weighted by Crippen LogP contribution is -2.11. The molecule has 0 saturated heterocycles. The second-order valence-electron chi connectivity index (χ2n) is 3.54. The largest absolute Gasteiger partial charge is 0.480 e. The van der Waals surface area contributed by atoms with Gasteiger partial charge in [0.15, 0.2) is 0 Å². The van der Waals surface area contributed by atoms with Crippen molar-refractivity contribution in [2.45, 2.75) is 17.5 Å². The molecule has 0 spiro atoms. The van der Waals surface area contributed by atoms with Crippen LogP contribution in [0.1, 0.15) is 5.56 Å². The summed E-state index contributed by atoms with van der Waals surface area (Å²) < 4.78 is 15.5. The Kier molecular flexibility index (Phi) is 4.48. The zero-order valence-electron chi connectivity index (χ0n) is 9.45. The average Bonchev–Trinajstić information content (AvgIpc) is 2.77. The van der Waals surface area contributed by atoms with E-state index < -0.39 is 5.97 Å². The Labute approximate surface area is 120 Å². The summed E-state index contributed by atoms with van der Waals surface area (Å²) >= 11 is 4.44. The molecule has 1 N–H and O–H groups in total. The Morgan fingerprint density at radius 1 is 1.53 bits per heavy atom. The molecule has 6 nitrogen and oxygen atoms in total. The van der Waals surface area contributed by atoms with E-state index in [0.717, 1.165) is 9.15 Å². The van der Waals surface area contributed by atoms with Crippen LogP contribution in [0.15, 0.2) is 27.8 Å². The van der Waals surface area contributed by atoms with Crippen LogP contribution in [0.3, 0.4) is 0 Å². The number of nitrogens with zero attached hydrogens (tertiary/aromatic N) is 4. The summed E-state index contributed by atoms with van der Waals surface area (Å²) in [5.74, 6) is -1.05. The minimum atomic E-state index is -1.04. The highest BCUT2D eigenvalue weighted by Gasteiger charge is 2.11. The van der Waals surface area contributed by atoms with Gasteiger partial charge in [0.1, 0.15) is 12.4 Å². The Balaban J connectivity index is 2.08. The van der Waals surface area contributed by atoms with E-state index in [-0.39, 0.29) is 12.4 Å². The SMILES string of the molecule is O=C(O)Cn1nnnc1SCc1cc(Br)ccc1F. The number of halogens is 2. The van der Waals surface area contributed by atoms with Crippen molar-refractivity contribution >= 4 is 33.7 Å². The van der Waals surface area contributed by atoms with Crippen molar-refractivity contribution in [3.8, 4) is 0 Å². The number of carbonyl (C=O) groups is 1. The minimum Gasteiger partial charge on any atom is -0.480 e. The lowest BCUT2D eigenvalue weighted by atomic mass is 10.2. The standard InChI is InChI=1S/C10H8BrFN4O2S/c11-7-1-2-8(12)6(3-7)5-19-10-13-14-15-16(10)4-9(17)18/h1-3H,4-5H2,(H,17,18). The topological polar surface area (TPSA) is 80.9 Å². The first-order chi connectivity index (χ1) is 9.06. The molecule has 100 valence electrons. The maximum atomic E-state index is 13.5. The molecule has 0 saturated carbocycles. The molecule has 0 atom stereocenters. The maximum Gasteiger partial charge on any atom is 0.325 e. The monoisotopic (exact) mass is 346 g/mol. The van der Waals surface area contributed by atoms with E-state index in [0.29, 0.717) is 16.5 Å². The number of hydrogen-bond donors (Lipinski definition) is 1. The third kappa shape index (κ3) is 3.74. The van der Waals surface area contributed by atoms with Gasteiger partial charge in [0, 0.05) is 10.2 Å². The van der Waals surface area contributed by atoms with Crippen molar-refractivity contribution in [2.24, 2.45) is 0 Å². The smallest absolute Gasteiger partial charge is 0.325 e. The van der Waals surface area contributed by atoms with Gasteiger partial charge in [0.25, 0.3) is 0 Å². The van der Waals surface area contributed by atoms with Gasteiger partial charge < -0.3 is 5.11 Å². The molecule has 0 aliphatic carbocycles. The zero-order chi connectivity index (χ0) is 13.8. The highest BCUT2D eigenvalue weighted by Crippen LogP contribution is 2.24. The van der Waals surface area contributed by atoms with Gasteiger partial charge in [0.05, 0.1) is 0 Å². The van der Waals surface area contributed by atoms with Gasteiger partial charge in [-0.05, 0) is 34.2 Å². The van der Waals surface area contributed by atoms with Crippen LogP contribution in [0.5, 0.6) is 0 Å². The number of benzene rings is 1. The second-order valence-corrected chi connectivity index (χ2v) is 5.40. The number of tetrazole rings is 1. The molecule has 19 heavy (non-hydrogen) atoms. The van der Waals surface area contributed by atoms with Gasteiger partial charge in [-0.2, -0.15) is 0 Å². The molecule has 2 aromatic rings. The fraction of sp³-hybridized carbons (Fsp3) is 0.200. The number of rotatable bonds is 5. The Hall–Kier alpha value is -1.48. The van der Waals surface area contributed by atoms with E-state index in [9.17, 15) is 9.18 Å². The van der Waals surface area contributed by atoms with Gasteiger partial charge in [-0.3, -0.25) is 4.79 Å². The molecular formula is C10H8BrFN4O2S. The third-order valence-electron chi connectivity index (χ3n) is 2.15. The summed E-state index contributed by atoms with van der Waals surface area (Å²) in [7, 11) is 0. The Morgan fingerprint density at radius 3 is 3.05 bits per heavy atom. The molecule has 0 unspecified atom stereocenters. The number of aromatic nitrogens is 4. The second kappa shape index (κ2) is 6.11. The average molecular weight is 347 g/mol. The Bertz CT molecular complexity index is 607. The van der Waals surface area contributed by atoms with Gasteiger partial charge in [-0.1, -0.05) is 27.7 Å². The van der Waals surface area contributed by atoms with Crippen molar-refractivity contribution < 1.29 is 14.3 Å². The molecule has 1 heterocycles. The predicted molar refractivity (Wildman–Crippen MR) is 69.1 cm³/mol. The normalized spacial score (nSPS) is 10.6. The van der Waals surface area contributed by atoms with E-state index in [1.165, 1.54) is 17.8 Å². The Morgan fingerprint density at radius 2 is 2.32 bits per heavy atom. The van der Waals surface area contributed by atoms with Gasteiger partial charge in [-0.15, -0.1) is 5.10 Å². The first kappa shape index (κ1) is 13.9. The van der Waals surface area contributed by atoms with Gasteiger partial charge >= 0.3 is 5.97 Å². The molecule has 0 radical (unpaired) electrons. The first-order valence-electron chi connectivity index (χ1n) is 5.11. The van der Waals surface area contributed by atoms with Crippen LogP contribution in [0, 0.1) is 5.82 Å². The van der Waals surface area contributed by atoms with E-state index >= 15 is 0 Å². The third-order valence-corrected chi connectivity index (χ3v) is 3.65. The van der Waals surface area contributed by atoms with Crippen LogP contribution >= 0.6 is 27.7 Å². The quantitative estimate of drug-likeness (QED) is 0.833. The summed E-state index contributed by atoms with van der Waals surface area (Å²) in [6, 6.07) is 4.63. The van der Waals surface area contributed by atoms with E-state index in [1.807, 2.05) is 0 Å². The summed E-state index contributed by atoms with van der Waals surface area (Å²) in [5.41, 5.74) is 0.490. The molecule has 0 amide bonds. The molecule has 1 aromatic heterocycles. The van der Waals surface area contributed by atoms with Crippen molar-refractivity contribution in [2.75, 3.05) is 0 Å². The molecule has 2 rings (SSSR count). The van der Waals surface area contributed by atoms with E-state index in [1.54, 1.807) is 12.1 Å².